The number of nitrogens with zero attached hydrogens (tertiary/aromatic N) is 2. The average molecular weight is 425 g/mol. The van der Waals surface area contributed by atoms with Gasteiger partial charge in [0.05, 0.1) is 7.11 Å². The Kier molecular flexibility index (Phi) is 8.59. The summed E-state index contributed by atoms with van der Waals surface area (Å²) in [6.45, 7) is 8.87. The van der Waals surface area contributed by atoms with E-state index in [9.17, 15) is 5.11 Å². The third kappa shape index (κ3) is 7.17. The highest BCUT2D eigenvalue weighted by Crippen LogP contribution is 2.23. The third-order valence-electron chi connectivity index (χ3n) is 5.70. The van der Waals surface area contributed by atoms with Crippen molar-refractivity contribution >= 4 is 5.96 Å². The minimum Gasteiger partial charge on any atom is -0.508 e. The molecule has 0 radical (unpaired) electrons. The van der Waals surface area contributed by atoms with Crippen molar-refractivity contribution < 1.29 is 9.84 Å². The predicted molar refractivity (Wildman–Crippen MR) is 127 cm³/mol. The summed E-state index contributed by atoms with van der Waals surface area (Å²) < 4.78 is 5.14. The molecular weight excluding hydrogens is 388 g/mol. The zero-order valence-electron chi connectivity index (χ0n) is 19.0. The largest absolute Gasteiger partial charge is 0.508 e. The molecule has 0 aromatic heterocycles. The van der Waals surface area contributed by atoms with Crippen LogP contribution in [0.1, 0.15) is 36.5 Å². The number of benzene rings is 2. The minimum atomic E-state index is 0.258. The number of methoxy groups -OCH3 is 1. The number of piperidine rings is 1. The lowest BCUT2D eigenvalue weighted by Crippen LogP contribution is -2.48. The summed E-state index contributed by atoms with van der Waals surface area (Å²) in [6.07, 6.45) is 2.90. The van der Waals surface area contributed by atoms with Crippen LogP contribution in [0.25, 0.3) is 0 Å². The molecule has 0 aliphatic carbocycles. The van der Waals surface area contributed by atoms with Gasteiger partial charge in [0.1, 0.15) is 11.5 Å². The lowest BCUT2D eigenvalue weighted by Gasteiger charge is -2.33. The molecule has 2 aromatic rings. The Hall–Kier alpha value is -2.73. The molecule has 1 heterocycles. The van der Waals surface area contributed by atoms with Crippen molar-refractivity contribution in [3.63, 3.8) is 0 Å². The normalized spacial score (nSPS) is 15.6. The fraction of sp³-hybridized carbons (Fsp3) is 0.480. The maximum atomic E-state index is 10.1. The first-order chi connectivity index (χ1) is 15.1. The summed E-state index contributed by atoms with van der Waals surface area (Å²) in [6, 6.07) is 14.6. The number of ether oxygens (including phenoxy) is 1. The van der Waals surface area contributed by atoms with E-state index >= 15 is 0 Å². The van der Waals surface area contributed by atoms with Gasteiger partial charge in [0.25, 0.3) is 0 Å². The molecule has 0 unspecified atom stereocenters. The number of rotatable bonds is 8. The molecule has 2 aromatic carbocycles. The number of hydrogen-bond donors (Lipinski definition) is 3. The molecule has 168 valence electrons. The number of phenolic OH excluding ortho intramolecular Hbond substituents is 1. The van der Waals surface area contributed by atoms with Crippen molar-refractivity contribution in [1.82, 2.24) is 15.5 Å². The molecule has 1 aliphatic heterocycles. The van der Waals surface area contributed by atoms with Gasteiger partial charge in [-0.05, 0) is 50.3 Å². The average Bonchev–Trinajstić information content (AvgIpc) is 2.76. The highest BCUT2D eigenvalue weighted by atomic mass is 16.5. The molecule has 1 saturated heterocycles. The van der Waals surface area contributed by atoms with E-state index in [1.165, 1.54) is 11.1 Å². The molecule has 3 N–H and O–H groups in total. The van der Waals surface area contributed by atoms with Gasteiger partial charge in [-0.3, -0.25) is 9.89 Å². The Morgan fingerprint density at radius 3 is 2.68 bits per heavy atom. The van der Waals surface area contributed by atoms with Crippen molar-refractivity contribution in [2.45, 2.75) is 45.7 Å². The summed E-state index contributed by atoms with van der Waals surface area (Å²) in [5, 5.41) is 17.1. The fourth-order valence-electron chi connectivity index (χ4n) is 3.99. The molecule has 1 fully saturated rings. The summed E-state index contributed by atoms with van der Waals surface area (Å²) in [5.74, 6) is 1.77. The second-order valence-corrected chi connectivity index (χ2v) is 8.19. The molecule has 0 amide bonds. The Balaban J connectivity index is 1.47. The van der Waals surface area contributed by atoms with E-state index in [1.54, 1.807) is 13.2 Å². The number of likely N-dealkylation sites (tertiary alicyclic amines) is 1. The first-order valence-electron chi connectivity index (χ1n) is 11.3. The first kappa shape index (κ1) is 22.9. The zero-order chi connectivity index (χ0) is 22.1. The molecule has 31 heavy (non-hydrogen) atoms. The van der Waals surface area contributed by atoms with E-state index in [4.69, 9.17) is 9.73 Å². The Morgan fingerprint density at radius 1 is 1.19 bits per heavy atom. The minimum absolute atomic E-state index is 0.258. The van der Waals surface area contributed by atoms with E-state index in [2.05, 4.69) is 53.6 Å². The molecule has 0 saturated carbocycles. The van der Waals surface area contributed by atoms with Crippen molar-refractivity contribution in [2.24, 2.45) is 4.99 Å². The van der Waals surface area contributed by atoms with Crippen LogP contribution < -0.4 is 15.4 Å². The molecule has 3 rings (SSSR count). The zero-order valence-corrected chi connectivity index (χ0v) is 19.0. The Morgan fingerprint density at radius 2 is 2.00 bits per heavy atom. The van der Waals surface area contributed by atoms with Crippen molar-refractivity contribution in [2.75, 3.05) is 33.3 Å². The second-order valence-electron chi connectivity index (χ2n) is 8.19. The van der Waals surface area contributed by atoms with Crippen LogP contribution in [-0.2, 0) is 13.0 Å². The van der Waals surface area contributed by atoms with Crippen LogP contribution in [0.2, 0.25) is 0 Å². The van der Waals surface area contributed by atoms with Gasteiger partial charge in [0.2, 0.25) is 0 Å². The summed E-state index contributed by atoms with van der Waals surface area (Å²) in [7, 11) is 1.60. The maximum Gasteiger partial charge on any atom is 0.191 e. The Bertz CT molecular complexity index is 860. The van der Waals surface area contributed by atoms with E-state index in [-0.39, 0.29) is 5.75 Å². The summed E-state index contributed by atoms with van der Waals surface area (Å²) in [5.41, 5.74) is 3.59. The monoisotopic (exact) mass is 424 g/mol. The van der Waals surface area contributed by atoms with Crippen molar-refractivity contribution in [3.05, 3.63) is 59.2 Å². The van der Waals surface area contributed by atoms with E-state index in [0.29, 0.717) is 24.8 Å². The van der Waals surface area contributed by atoms with Crippen LogP contribution in [0.3, 0.4) is 0 Å². The van der Waals surface area contributed by atoms with Crippen LogP contribution in [0.4, 0.5) is 0 Å². The number of phenols is 1. The molecule has 0 atom stereocenters. The highest BCUT2D eigenvalue weighted by molar-refractivity contribution is 5.80. The highest BCUT2D eigenvalue weighted by Gasteiger charge is 2.20. The fourth-order valence-corrected chi connectivity index (χ4v) is 3.99. The van der Waals surface area contributed by atoms with Gasteiger partial charge in [-0.25, -0.2) is 0 Å². The number of hydrogen-bond acceptors (Lipinski definition) is 4. The van der Waals surface area contributed by atoms with Gasteiger partial charge in [-0.15, -0.1) is 0 Å². The molecule has 6 nitrogen and oxygen atoms in total. The van der Waals surface area contributed by atoms with E-state index in [1.807, 2.05) is 12.1 Å². The van der Waals surface area contributed by atoms with Gasteiger partial charge in [-0.1, -0.05) is 35.9 Å². The molecular formula is C25H36N4O2. The van der Waals surface area contributed by atoms with Crippen LogP contribution >= 0.6 is 0 Å². The molecule has 0 bridgehead atoms. The van der Waals surface area contributed by atoms with Crippen LogP contribution in [0.5, 0.6) is 11.5 Å². The van der Waals surface area contributed by atoms with E-state index in [0.717, 1.165) is 50.5 Å². The van der Waals surface area contributed by atoms with Crippen molar-refractivity contribution in [3.8, 4) is 11.5 Å². The van der Waals surface area contributed by atoms with Gasteiger partial charge in [0, 0.05) is 44.8 Å². The second kappa shape index (κ2) is 11.6. The van der Waals surface area contributed by atoms with Crippen LogP contribution in [0, 0.1) is 6.92 Å². The van der Waals surface area contributed by atoms with Gasteiger partial charge in [0.15, 0.2) is 5.96 Å². The number of guanidine groups is 1. The summed E-state index contributed by atoms with van der Waals surface area (Å²) >= 11 is 0. The van der Waals surface area contributed by atoms with Crippen LogP contribution in [0.15, 0.2) is 47.5 Å². The lowest BCUT2D eigenvalue weighted by molar-refractivity contribution is 0.198. The third-order valence-corrected chi connectivity index (χ3v) is 5.70. The topological polar surface area (TPSA) is 69.1 Å². The number of nitrogens with one attached hydrogen (secondary N) is 2. The van der Waals surface area contributed by atoms with Gasteiger partial charge in [-0.2, -0.15) is 0 Å². The quantitative estimate of drug-likeness (QED) is 0.447. The van der Waals surface area contributed by atoms with Crippen LogP contribution in [-0.4, -0.2) is 55.3 Å². The first-order valence-corrected chi connectivity index (χ1v) is 11.3. The number of aryl methyl sites for hydroxylation is 1. The predicted octanol–water partition coefficient (Wildman–Crippen LogP) is 3.47. The lowest BCUT2D eigenvalue weighted by atomic mass is 10.0. The molecule has 1 aliphatic rings. The molecule has 6 heteroatoms. The standard InChI is InChI=1S/C25H36N4O2/c1-4-26-25(27-13-10-21-8-9-23(31-3)17-24(21)30)28-22-11-14-29(15-12-22)18-20-7-5-6-19(2)16-20/h5-9,16-17,22,30H,4,10-15,18H2,1-3H3,(H2,26,27,28). The number of aliphatic imine (C=N–C) groups is 1. The SMILES string of the molecule is CCNC(=NCCc1ccc(OC)cc1O)NC1CCN(Cc2cccc(C)c2)CC1. The van der Waals surface area contributed by atoms with Gasteiger partial charge >= 0.3 is 0 Å². The van der Waals surface area contributed by atoms with E-state index < -0.39 is 0 Å². The number of aromatic hydroxyl groups is 1. The summed E-state index contributed by atoms with van der Waals surface area (Å²) in [4.78, 5) is 7.25. The van der Waals surface area contributed by atoms with Crippen molar-refractivity contribution in [1.29, 1.82) is 0 Å². The van der Waals surface area contributed by atoms with Gasteiger partial charge < -0.3 is 20.5 Å². The molecule has 0 spiro atoms. The maximum absolute atomic E-state index is 10.1. The smallest absolute Gasteiger partial charge is 0.191 e. The Labute approximate surface area is 186 Å².